The summed E-state index contributed by atoms with van der Waals surface area (Å²) in [5.41, 5.74) is 1.39. The van der Waals surface area contributed by atoms with Crippen molar-refractivity contribution in [1.82, 2.24) is 9.88 Å². The summed E-state index contributed by atoms with van der Waals surface area (Å²) in [7, 11) is 0. The highest BCUT2D eigenvalue weighted by molar-refractivity contribution is 7.09. The van der Waals surface area contributed by atoms with Crippen molar-refractivity contribution in [3.05, 3.63) is 51.7 Å². The molecule has 4 nitrogen and oxygen atoms in total. The number of morpholine rings is 1. The third-order valence-corrected chi connectivity index (χ3v) is 5.16. The van der Waals surface area contributed by atoms with E-state index < -0.39 is 0 Å². The van der Waals surface area contributed by atoms with Gasteiger partial charge in [0.15, 0.2) is 0 Å². The average molecular weight is 348 g/mol. The quantitative estimate of drug-likeness (QED) is 0.849. The van der Waals surface area contributed by atoms with Crippen LogP contribution in [0, 0.1) is 5.82 Å². The van der Waals surface area contributed by atoms with E-state index in [2.05, 4.69) is 18.8 Å². The van der Waals surface area contributed by atoms with E-state index in [0.717, 1.165) is 10.6 Å². The van der Waals surface area contributed by atoms with Crippen LogP contribution in [0.1, 0.15) is 40.8 Å². The van der Waals surface area contributed by atoms with Crippen LogP contribution in [0.2, 0.25) is 0 Å². The van der Waals surface area contributed by atoms with Crippen LogP contribution in [-0.2, 0) is 11.2 Å². The second-order valence-electron chi connectivity index (χ2n) is 6.30. The molecule has 128 valence electrons. The Morgan fingerprint density at radius 1 is 1.50 bits per heavy atom. The van der Waals surface area contributed by atoms with Crippen molar-refractivity contribution < 1.29 is 13.9 Å². The molecule has 0 spiro atoms. The number of carbonyl (C=O) groups excluding carboxylic acids is 1. The molecule has 1 amide bonds. The van der Waals surface area contributed by atoms with Crippen molar-refractivity contribution in [2.24, 2.45) is 0 Å². The molecule has 1 unspecified atom stereocenters. The van der Waals surface area contributed by atoms with Crippen LogP contribution in [0.5, 0.6) is 0 Å². The maximum atomic E-state index is 13.3. The summed E-state index contributed by atoms with van der Waals surface area (Å²) in [6, 6.07) is 6.51. The monoisotopic (exact) mass is 348 g/mol. The fourth-order valence-electron chi connectivity index (χ4n) is 2.77. The first-order valence-corrected chi connectivity index (χ1v) is 9.01. The Labute approximate surface area is 145 Å². The number of amides is 1. The molecular formula is C18H21FN2O2S. The maximum Gasteiger partial charge on any atom is 0.273 e. The molecule has 1 atom stereocenters. The largest absolute Gasteiger partial charge is 0.374 e. The lowest BCUT2D eigenvalue weighted by molar-refractivity contribution is -0.0210. The number of ether oxygens (including phenoxy) is 1. The third-order valence-electron chi connectivity index (χ3n) is 4.01. The third kappa shape index (κ3) is 3.99. The standard InChI is InChI=1S/C18H21FN2O2S/c1-12(2)17-20-16(11-24-17)18(22)21-6-7-23-15(10-21)9-13-4-3-5-14(19)8-13/h3-5,8,11-12,15H,6-7,9-10H2,1-2H3. The van der Waals surface area contributed by atoms with E-state index in [1.165, 1.54) is 23.5 Å². The Kier molecular flexibility index (Phi) is 5.26. The van der Waals surface area contributed by atoms with Gasteiger partial charge in [0.2, 0.25) is 0 Å². The van der Waals surface area contributed by atoms with Gasteiger partial charge in [-0.15, -0.1) is 11.3 Å². The van der Waals surface area contributed by atoms with Crippen LogP contribution >= 0.6 is 11.3 Å². The van der Waals surface area contributed by atoms with Crippen LogP contribution in [-0.4, -0.2) is 41.6 Å². The zero-order chi connectivity index (χ0) is 17.1. The Morgan fingerprint density at radius 3 is 3.04 bits per heavy atom. The fraction of sp³-hybridized carbons (Fsp3) is 0.444. The predicted octanol–water partition coefficient (Wildman–Crippen LogP) is 3.49. The molecule has 24 heavy (non-hydrogen) atoms. The summed E-state index contributed by atoms with van der Waals surface area (Å²) in [6.45, 7) is 5.69. The molecule has 1 fully saturated rings. The molecule has 1 aliphatic heterocycles. The highest BCUT2D eigenvalue weighted by Gasteiger charge is 2.26. The zero-order valence-electron chi connectivity index (χ0n) is 13.9. The second-order valence-corrected chi connectivity index (χ2v) is 7.19. The molecule has 6 heteroatoms. The van der Waals surface area contributed by atoms with Crippen molar-refractivity contribution in [3.8, 4) is 0 Å². The number of hydrogen-bond acceptors (Lipinski definition) is 4. The maximum absolute atomic E-state index is 13.3. The van der Waals surface area contributed by atoms with E-state index in [0.29, 0.717) is 37.7 Å². The molecule has 1 aromatic heterocycles. The average Bonchev–Trinajstić information content (AvgIpc) is 3.05. The van der Waals surface area contributed by atoms with Gasteiger partial charge in [-0.3, -0.25) is 4.79 Å². The minimum absolute atomic E-state index is 0.0503. The Bertz CT molecular complexity index is 717. The van der Waals surface area contributed by atoms with Crippen LogP contribution in [0.4, 0.5) is 4.39 Å². The zero-order valence-corrected chi connectivity index (χ0v) is 14.7. The molecule has 2 aromatic rings. The molecule has 0 radical (unpaired) electrons. The van der Waals surface area contributed by atoms with Gasteiger partial charge >= 0.3 is 0 Å². The SMILES string of the molecule is CC(C)c1nc(C(=O)N2CCOC(Cc3cccc(F)c3)C2)cs1. The summed E-state index contributed by atoms with van der Waals surface area (Å²) in [4.78, 5) is 18.9. The lowest BCUT2D eigenvalue weighted by Crippen LogP contribution is -2.46. The number of rotatable bonds is 4. The van der Waals surface area contributed by atoms with Gasteiger partial charge in [0.1, 0.15) is 11.5 Å². The number of hydrogen-bond donors (Lipinski definition) is 0. The smallest absolute Gasteiger partial charge is 0.273 e. The summed E-state index contributed by atoms with van der Waals surface area (Å²) >= 11 is 1.52. The molecule has 0 aliphatic carbocycles. The van der Waals surface area contributed by atoms with Crippen molar-refractivity contribution in [2.45, 2.75) is 32.3 Å². The lowest BCUT2D eigenvalue weighted by atomic mass is 10.1. The Morgan fingerprint density at radius 2 is 2.33 bits per heavy atom. The summed E-state index contributed by atoms with van der Waals surface area (Å²) in [5.74, 6) is 0.0209. The van der Waals surface area contributed by atoms with Gasteiger partial charge < -0.3 is 9.64 Å². The first-order chi connectivity index (χ1) is 11.5. The normalized spacial score (nSPS) is 18.2. The van der Waals surface area contributed by atoms with Gasteiger partial charge in [0.05, 0.1) is 17.7 Å². The van der Waals surface area contributed by atoms with Gasteiger partial charge in [-0.2, -0.15) is 0 Å². The van der Waals surface area contributed by atoms with Crippen molar-refractivity contribution >= 4 is 17.2 Å². The summed E-state index contributed by atoms with van der Waals surface area (Å²) < 4.78 is 19.0. The van der Waals surface area contributed by atoms with Crippen molar-refractivity contribution in [1.29, 1.82) is 0 Å². The molecule has 2 heterocycles. The van der Waals surface area contributed by atoms with Gasteiger partial charge in [0.25, 0.3) is 5.91 Å². The number of carbonyl (C=O) groups is 1. The van der Waals surface area contributed by atoms with E-state index in [4.69, 9.17) is 4.74 Å². The van der Waals surface area contributed by atoms with E-state index in [1.54, 1.807) is 11.0 Å². The number of halogens is 1. The molecule has 1 aliphatic rings. The molecule has 0 bridgehead atoms. The fourth-order valence-corrected chi connectivity index (χ4v) is 3.58. The van der Waals surface area contributed by atoms with Crippen molar-refractivity contribution in [2.75, 3.05) is 19.7 Å². The van der Waals surface area contributed by atoms with Crippen molar-refractivity contribution in [3.63, 3.8) is 0 Å². The van der Waals surface area contributed by atoms with Crippen LogP contribution in [0.3, 0.4) is 0 Å². The van der Waals surface area contributed by atoms with Crippen LogP contribution in [0.15, 0.2) is 29.6 Å². The van der Waals surface area contributed by atoms with Crippen LogP contribution in [0.25, 0.3) is 0 Å². The van der Waals surface area contributed by atoms with E-state index in [-0.39, 0.29) is 17.8 Å². The molecule has 0 N–H and O–H groups in total. The molecular weight excluding hydrogens is 327 g/mol. The Balaban J connectivity index is 1.65. The highest BCUT2D eigenvalue weighted by atomic mass is 32.1. The first-order valence-electron chi connectivity index (χ1n) is 8.13. The minimum Gasteiger partial charge on any atom is -0.374 e. The Hall–Kier alpha value is -1.79. The highest BCUT2D eigenvalue weighted by Crippen LogP contribution is 2.21. The number of aromatic nitrogens is 1. The summed E-state index contributed by atoms with van der Waals surface area (Å²) in [5, 5.41) is 2.80. The number of nitrogens with zero attached hydrogens (tertiary/aromatic N) is 2. The van der Waals surface area contributed by atoms with Gasteiger partial charge in [-0.25, -0.2) is 9.37 Å². The number of thiazole rings is 1. The topological polar surface area (TPSA) is 42.4 Å². The van der Waals surface area contributed by atoms with Gasteiger partial charge in [-0.1, -0.05) is 26.0 Å². The van der Waals surface area contributed by atoms with Crippen LogP contribution < -0.4 is 0 Å². The predicted molar refractivity (Wildman–Crippen MR) is 92.0 cm³/mol. The first kappa shape index (κ1) is 17.0. The molecule has 3 rings (SSSR count). The molecule has 0 saturated carbocycles. The molecule has 1 aromatic carbocycles. The van der Waals surface area contributed by atoms with E-state index >= 15 is 0 Å². The minimum atomic E-state index is -0.250. The summed E-state index contributed by atoms with van der Waals surface area (Å²) in [6.07, 6.45) is 0.475. The lowest BCUT2D eigenvalue weighted by Gasteiger charge is -2.32. The second kappa shape index (κ2) is 7.40. The van der Waals surface area contributed by atoms with E-state index in [9.17, 15) is 9.18 Å². The van der Waals surface area contributed by atoms with E-state index in [1.807, 2.05) is 11.4 Å². The molecule has 1 saturated heterocycles. The number of benzene rings is 1. The van der Waals surface area contributed by atoms with Gasteiger partial charge in [-0.05, 0) is 17.7 Å². The van der Waals surface area contributed by atoms with Gasteiger partial charge in [0, 0.05) is 30.8 Å².